The fourth-order valence-corrected chi connectivity index (χ4v) is 2.18. The number of hydrogen-bond donors (Lipinski definition) is 1. The van der Waals surface area contributed by atoms with Crippen LogP contribution in [0.25, 0.3) is 0 Å². The number of rotatable bonds is 5. The first-order valence-electron chi connectivity index (χ1n) is 5.19. The second kappa shape index (κ2) is 6.21. The summed E-state index contributed by atoms with van der Waals surface area (Å²) in [6, 6.07) is 3.94. The zero-order valence-electron chi connectivity index (χ0n) is 9.90. The van der Waals surface area contributed by atoms with E-state index in [-0.39, 0.29) is 0 Å². The molecule has 0 spiro atoms. The van der Waals surface area contributed by atoms with Gasteiger partial charge in [0.05, 0.1) is 0 Å². The molecular weight excluding hydrogens is 242 g/mol. The molecule has 1 heterocycles. The van der Waals surface area contributed by atoms with Crippen molar-refractivity contribution in [1.82, 2.24) is 4.98 Å². The number of hydrogen-bond acceptors (Lipinski definition) is 4. The molecule has 3 nitrogen and oxygen atoms in total. The highest BCUT2D eigenvalue weighted by Crippen LogP contribution is 2.21. The first-order valence-corrected chi connectivity index (χ1v) is 6.96. The van der Waals surface area contributed by atoms with Crippen LogP contribution in [0.3, 0.4) is 0 Å². The average Bonchev–Trinajstić information content (AvgIpc) is 2.23. The Labute approximate surface area is 106 Å². The molecule has 0 bridgehead atoms. The molecule has 0 aliphatic heterocycles. The molecule has 5 heteroatoms. The van der Waals surface area contributed by atoms with E-state index in [1.165, 1.54) is 0 Å². The van der Waals surface area contributed by atoms with Gasteiger partial charge in [-0.2, -0.15) is 11.8 Å². The van der Waals surface area contributed by atoms with E-state index in [0.717, 1.165) is 18.0 Å². The third kappa shape index (κ3) is 3.76. The zero-order chi connectivity index (χ0) is 12.1. The number of nitrogen functional groups attached to an aromatic ring is 1. The van der Waals surface area contributed by atoms with Gasteiger partial charge in [-0.3, -0.25) is 0 Å². The van der Waals surface area contributed by atoms with Gasteiger partial charge in [0.1, 0.15) is 11.0 Å². The topological polar surface area (TPSA) is 42.1 Å². The van der Waals surface area contributed by atoms with Crippen LogP contribution in [0, 0.1) is 0 Å². The van der Waals surface area contributed by atoms with Gasteiger partial charge in [0.2, 0.25) is 0 Å². The number of anilines is 2. The fraction of sp³-hybridized carbons (Fsp3) is 0.545. The van der Waals surface area contributed by atoms with E-state index in [1.54, 1.807) is 6.07 Å². The van der Waals surface area contributed by atoms with E-state index < -0.39 is 0 Å². The molecule has 90 valence electrons. The summed E-state index contributed by atoms with van der Waals surface area (Å²) < 4.78 is 0. The van der Waals surface area contributed by atoms with Gasteiger partial charge in [-0.25, -0.2) is 4.98 Å². The number of pyridine rings is 1. The van der Waals surface area contributed by atoms with Crippen LogP contribution >= 0.6 is 23.4 Å². The molecular formula is C11H18ClN3S. The Morgan fingerprint density at radius 2 is 2.25 bits per heavy atom. The van der Waals surface area contributed by atoms with Gasteiger partial charge in [-0.05, 0) is 31.4 Å². The van der Waals surface area contributed by atoms with Gasteiger partial charge in [0.15, 0.2) is 0 Å². The summed E-state index contributed by atoms with van der Waals surface area (Å²) in [7, 11) is 2.02. The lowest BCUT2D eigenvalue weighted by molar-refractivity contribution is 0.662. The number of halogens is 1. The molecule has 0 aromatic carbocycles. The van der Waals surface area contributed by atoms with E-state index in [1.807, 2.05) is 24.9 Å². The van der Waals surface area contributed by atoms with Crippen LogP contribution in [0.2, 0.25) is 5.15 Å². The van der Waals surface area contributed by atoms with E-state index in [4.69, 9.17) is 17.3 Å². The predicted octanol–water partition coefficient (Wildman–Crippen LogP) is 2.90. The van der Waals surface area contributed by atoms with Gasteiger partial charge in [0, 0.05) is 24.8 Å². The van der Waals surface area contributed by atoms with Crippen molar-refractivity contribution in [3.8, 4) is 0 Å². The number of nitrogens with zero attached hydrogens (tertiary/aromatic N) is 2. The quantitative estimate of drug-likeness (QED) is 0.826. The highest BCUT2D eigenvalue weighted by atomic mass is 35.5. The maximum absolute atomic E-state index is 5.88. The van der Waals surface area contributed by atoms with Crippen LogP contribution < -0.4 is 10.6 Å². The summed E-state index contributed by atoms with van der Waals surface area (Å²) in [5.41, 5.74) is 6.39. The molecule has 1 aromatic heterocycles. The van der Waals surface area contributed by atoms with Crippen molar-refractivity contribution >= 4 is 34.9 Å². The Balaban J connectivity index is 2.74. The zero-order valence-corrected chi connectivity index (χ0v) is 11.5. The molecule has 2 N–H and O–H groups in total. The third-order valence-electron chi connectivity index (χ3n) is 2.57. The van der Waals surface area contributed by atoms with Crippen LogP contribution in [0.1, 0.15) is 13.3 Å². The molecule has 0 aliphatic carbocycles. The summed E-state index contributed by atoms with van der Waals surface area (Å²) in [6.07, 6.45) is 3.23. The van der Waals surface area contributed by atoms with Crippen molar-refractivity contribution in [1.29, 1.82) is 0 Å². The van der Waals surface area contributed by atoms with Crippen molar-refractivity contribution in [2.24, 2.45) is 0 Å². The van der Waals surface area contributed by atoms with Crippen molar-refractivity contribution in [2.45, 2.75) is 19.4 Å². The van der Waals surface area contributed by atoms with Crippen LogP contribution in [0.5, 0.6) is 0 Å². The van der Waals surface area contributed by atoms with Crippen LogP contribution in [0.4, 0.5) is 11.5 Å². The second-order valence-corrected chi connectivity index (χ2v) is 5.20. The predicted molar refractivity (Wildman–Crippen MR) is 74.5 cm³/mol. The molecule has 0 amide bonds. The molecule has 1 atom stereocenters. The summed E-state index contributed by atoms with van der Waals surface area (Å²) in [5, 5.41) is 0.443. The normalized spacial score (nSPS) is 12.5. The molecule has 0 aliphatic rings. The van der Waals surface area contributed by atoms with E-state index in [0.29, 0.717) is 16.9 Å². The van der Waals surface area contributed by atoms with Gasteiger partial charge < -0.3 is 10.6 Å². The fourth-order valence-electron chi connectivity index (χ4n) is 1.39. The third-order valence-corrected chi connectivity index (χ3v) is 3.40. The summed E-state index contributed by atoms with van der Waals surface area (Å²) in [4.78, 5) is 6.38. The van der Waals surface area contributed by atoms with E-state index in [2.05, 4.69) is 23.1 Å². The van der Waals surface area contributed by atoms with Gasteiger partial charge in [-0.15, -0.1) is 0 Å². The van der Waals surface area contributed by atoms with E-state index >= 15 is 0 Å². The monoisotopic (exact) mass is 259 g/mol. The molecule has 1 unspecified atom stereocenters. The largest absolute Gasteiger partial charge is 0.399 e. The Bertz CT molecular complexity index is 326. The van der Waals surface area contributed by atoms with Gasteiger partial charge in [-0.1, -0.05) is 11.6 Å². The average molecular weight is 260 g/mol. The Morgan fingerprint density at radius 1 is 1.56 bits per heavy atom. The highest BCUT2D eigenvalue weighted by Gasteiger charge is 2.11. The molecule has 0 fully saturated rings. The minimum absolute atomic E-state index is 0.429. The molecule has 1 aromatic rings. The minimum Gasteiger partial charge on any atom is -0.399 e. The highest BCUT2D eigenvalue weighted by molar-refractivity contribution is 7.98. The lowest BCUT2D eigenvalue weighted by Crippen LogP contribution is -2.30. The first-order chi connectivity index (χ1) is 7.54. The summed E-state index contributed by atoms with van der Waals surface area (Å²) in [5.74, 6) is 1.97. The molecule has 0 saturated heterocycles. The second-order valence-electron chi connectivity index (χ2n) is 3.82. The maximum atomic E-state index is 5.88. The smallest absolute Gasteiger partial charge is 0.133 e. The molecule has 0 saturated carbocycles. The summed E-state index contributed by atoms with van der Waals surface area (Å²) in [6.45, 7) is 2.18. The number of nitrogens with two attached hydrogens (primary N) is 1. The SMILES string of the molecule is CSCCC(C)N(C)c1cc(N)cc(Cl)n1. The maximum Gasteiger partial charge on any atom is 0.133 e. The minimum atomic E-state index is 0.429. The Hall–Kier alpha value is -0.610. The Kier molecular flexibility index (Phi) is 5.22. The standard InChI is InChI=1S/C11H18ClN3S/c1-8(4-5-16-3)15(2)11-7-9(13)6-10(12)14-11/h6-8H,4-5H2,1-3H3,(H2,13,14). The van der Waals surface area contributed by atoms with Gasteiger partial charge >= 0.3 is 0 Å². The van der Waals surface area contributed by atoms with Gasteiger partial charge in [0.25, 0.3) is 0 Å². The number of thioether (sulfide) groups is 1. The Morgan fingerprint density at radius 3 is 2.81 bits per heavy atom. The van der Waals surface area contributed by atoms with Crippen molar-refractivity contribution in [2.75, 3.05) is 29.7 Å². The first kappa shape index (κ1) is 13.5. The molecule has 16 heavy (non-hydrogen) atoms. The van der Waals surface area contributed by atoms with Crippen LogP contribution in [-0.4, -0.2) is 30.1 Å². The number of aromatic nitrogens is 1. The van der Waals surface area contributed by atoms with Crippen LogP contribution in [0.15, 0.2) is 12.1 Å². The molecule has 0 radical (unpaired) electrons. The lowest BCUT2D eigenvalue weighted by Gasteiger charge is -2.26. The van der Waals surface area contributed by atoms with Crippen LogP contribution in [-0.2, 0) is 0 Å². The summed E-state index contributed by atoms with van der Waals surface area (Å²) >= 11 is 7.73. The van der Waals surface area contributed by atoms with Crippen molar-refractivity contribution in [3.63, 3.8) is 0 Å². The van der Waals surface area contributed by atoms with E-state index in [9.17, 15) is 0 Å². The molecule has 1 rings (SSSR count). The lowest BCUT2D eigenvalue weighted by atomic mass is 10.2. The van der Waals surface area contributed by atoms with Crippen molar-refractivity contribution < 1.29 is 0 Å². The van der Waals surface area contributed by atoms with Crippen molar-refractivity contribution in [3.05, 3.63) is 17.3 Å².